The van der Waals surface area contributed by atoms with Gasteiger partial charge in [0, 0.05) is 12.0 Å². The standard InChI is InChI=1S/C16H24N2O3/c1-11(18-15(19)6-7-16(2,3)17)12-4-5-13-14(10-12)21-9-8-20-13/h4-5,10-11H,6-9,17H2,1-3H3,(H,18,19). The number of benzene rings is 1. The molecule has 1 amide bonds. The van der Waals surface area contributed by atoms with Gasteiger partial charge < -0.3 is 20.5 Å². The van der Waals surface area contributed by atoms with Crippen LogP contribution in [0.2, 0.25) is 0 Å². The van der Waals surface area contributed by atoms with Gasteiger partial charge in [0.25, 0.3) is 0 Å². The highest BCUT2D eigenvalue weighted by molar-refractivity contribution is 5.76. The molecule has 0 bridgehead atoms. The topological polar surface area (TPSA) is 73.6 Å². The summed E-state index contributed by atoms with van der Waals surface area (Å²) in [6.07, 6.45) is 1.09. The molecule has 0 fully saturated rings. The van der Waals surface area contributed by atoms with Crippen LogP contribution in [-0.2, 0) is 4.79 Å². The van der Waals surface area contributed by atoms with E-state index in [0.717, 1.165) is 17.1 Å². The van der Waals surface area contributed by atoms with E-state index in [1.165, 1.54) is 0 Å². The van der Waals surface area contributed by atoms with Crippen molar-refractivity contribution in [3.05, 3.63) is 23.8 Å². The Morgan fingerprint density at radius 2 is 2.00 bits per heavy atom. The number of rotatable bonds is 5. The summed E-state index contributed by atoms with van der Waals surface area (Å²) in [7, 11) is 0. The summed E-state index contributed by atoms with van der Waals surface area (Å²) in [5.41, 5.74) is 6.57. The second-order valence-corrected chi connectivity index (χ2v) is 6.18. The Morgan fingerprint density at radius 3 is 2.67 bits per heavy atom. The molecule has 0 aromatic heterocycles. The Labute approximate surface area is 125 Å². The van der Waals surface area contributed by atoms with Crippen LogP contribution < -0.4 is 20.5 Å². The molecular weight excluding hydrogens is 268 g/mol. The first-order valence-electron chi connectivity index (χ1n) is 7.33. The molecule has 1 aliphatic rings. The van der Waals surface area contributed by atoms with Crippen molar-refractivity contribution in [2.75, 3.05) is 13.2 Å². The van der Waals surface area contributed by atoms with Gasteiger partial charge in [0.2, 0.25) is 5.91 Å². The molecule has 3 N–H and O–H groups in total. The van der Waals surface area contributed by atoms with Crippen molar-refractivity contribution in [1.29, 1.82) is 0 Å². The quantitative estimate of drug-likeness (QED) is 0.872. The van der Waals surface area contributed by atoms with Crippen LogP contribution in [0.5, 0.6) is 11.5 Å². The van der Waals surface area contributed by atoms with Crippen molar-refractivity contribution < 1.29 is 14.3 Å². The molecule has 21 heavy (non-hydrogen) atoms. The third kappa shape index (κ3) is 4.63. The zero-order valence-electron chi connectivity index (χ0n) is 12.9. The van der Waals surface area contributed by atoms with E-state index < -0.39 is 0 Å². The second kappa shape index (κ2) is 6.35. The van der Waals surface area contributed by atoms with Crippen LogP contribution in [0.3, 0.4) is 0 Å². The molecule has 1 aromatic carbocycles. The van der Waals surface area contributed by atoms with Crippen molar-refractivity contribution in [3.8, 4) is 11.5 Å². The summed E-state index contributed by atoms with van der Waals surface area (Å²) >= 11 is 0. The summed E-state index contributed by atoms with van der Waals surface area (Å²) in [5, 5.41) is 2.98. The van der Waals surface area contributed by atoms with Gasteiger partial charge in [-0.3, -0.25) is 4.79 Å². The highest BCUT2D eigenvalue weighted by atomic mass is 16.6. The molecule has 116 valence electrons. The maximum atomic E-state index is 11.9. The Balaban J connectivity index is 1.94. The summed E-state index contributed by atoms with van der Waals surface area (Å²) in [4.78, 5) is 11.9. The summed E-state index contributed by atoms with van der Waals surface area (Å²) < 4.78 is 11.0. The molecule has 0 saturated carbocycles. The first-order valence-corrected chi connectivity index (χ1v) is 7.33. The fourth-order valence-corrected chi connectivity index (χ4v) is 2.16. The lowest BCUT2D eigenvalue weighted by molar-refractivity contribution is -0.122. The largest absolute Gasteiger partial charge is 0.486 e. The predicted octanol–water partition coefficient (Wildman–Crippen LogP) is 2.15. The number of amides is 1. The fraction of sp³-hybridized carbons (Fsp3) is 0.562. The van der Waals surface area contributed by atoms with Crippen molar-refractivity contribution in [2.45, 2.75) is 45.2 Å². The van der Waals surface area contributed by atoms with E-state index in [2.05, 4.69) is 5.32 Å². The minimum Gasteiger partial charge on any atom is -0.486 e. The number of carbonyl (C=O) groups is 1. The van der Waals surface area contributed by atoms with Gasteiger partial charge in [0.05, 0.1) is 6.04 Å². The van der Waals surface area contributed by atoms with Crippen molar-refractivity contribution in [2.24, 2.45) is 5.73 Å². The molecule has 1 heterocycles. The highest BCUT2D eigenvalue weighted by Gasteiger charge is 2.17. The summed E-state index contributed by atoms with van der Waals surface area (Å²) in [6.45, 7) is 6.93. The molecule has 1 aromatic rings. The lowest BCUT2D eigenvalue weighted by Crippen LogP contribution is -2.35. The average Bonchev–Trinajstić information content (AvgIpc) is 2.44. The van der Waals surface area contributed by atoms with Gasteiger partial charge >= 0.3 is 0 Å². The van der Waals surface area contributed by atoms with Gasteiger partial charge in [-0.25, -0.2) is 0 Å². The third-order valence-electron chi connectivity index (χ3n) is 3.44. The zero-order chi connectivity index (χ0) is 15.5. The van der Waals surface area contributed by atoms with E-state index in [9.17, 15) is 4.79 Å². The summed E-state index contributed by atoms with van der Waals surface area (Å²) in [6, 6.07) is 5.68. The number of nitrogens with two attached hydrogens (primary N) is 1. The minimum atomic E-state index is -0.322. The van der Waals surface area contributed by atoms with Crippen LogP contribution in [0.4, 0.5) is 0 Å². The van der Waals surface area contributed by atoms with E-state index in [1.807, 2.05) is 39.0 Å². The second-order valence-electron chi connectivity index (χ2n) is 6.18. The molecule has 1 atom stereocenters. The smallest absolute Gasteiger partial charge is 0.220 e. The maximum Gasteiger partial charge on any atom is 0.220 e. The van der Waals surface area contributed by atoms with Gasteiger partial charge in [-0.1, -0.05) is 6.07 Å². The maximum absolute atomic E-state index is 11.9. The Bertz CT molecular complexity index is 509. The normalized spacial score (nSPS) is 15.4. The fourth-order valence-electron chi connectivity index (χ4n) is 2.16. The van der Waals surface area contributed by atoms with Crippen molar-refractivity contribution in [1.82, 2.24) is 5.32 Å². The summed E-state index contributed by atoms with van der Waals surface area (Å²) in [5.74, 6) is 1.51. The van der Waals surface area contributed by atoms with Gasteiger partial charge in [-0.2, -0.15) is 0 Å². The lowest BCUT2D eigenvalue weighted by atomic mass is 9.99. The van der Waals surface area contributed by atoms with Crippen LogP contribution in [-0.4, -0.2) is 24.7 Å². The van der Waals surface area contributed by atoms with Crippen LogP contribution in [0, 0.1) is 0 Å². The number of ether oxygens (including phenoxy) is 2. The molecule has 0 spiro atoms. The zero-order valence-corrected chi connectivity index (χ0v) is 12.9. The highest BCUT2D eigenvalue weighted by Crippen LogP contribution is 2.32. The van der Waals surface area contributed by atoms with Crippen LogP contribution in [0.15, 0.2) is 18.2 Å². The lowest BCUT2D eigenvalue weighted by Gasteiger charge is -2.22. The average molecular weight is 292 g/mol. The molecule has 5 heteroatoms. The number of carbonyl (C=O) groups excluding carboxylic acids is 1. The Morgan fingerprint density at radius 1 is 1.33 bits per heavy atom. The number of nitrogens with one attached hydrogen (secondary N) is 1. The predicted molar refractivity (Wildman–Crippen MR) is 81.5 cm³/mol. The minimum absolute atomic E-state index is 0.0101. The number of fused-ring (bicyclic) bond motifs is 1. The Hall–Kier alpha value is -1.75. The van der Waals surface area contributed by atoms with Gasteiger partial charge in [0.1, 0.15) is 13.2 Å². The van der Waals surface area contributed by atoms with Crippen LogP contribution >= 0.6 is 0 Å². The molecular formula is C16H24N2O3. The van der Waals surface area contributed by atoms with E-state index in [4.69, 9.17) is 15.2 Å². The number of hydrogen-bond acceptors (Lipinski definition) is 4. The van der Waals surface area contributed by atoms with Crippen molar-refractivity contribution >= 4 is 5.91 Å². The van der Waals surface area contributed by atoms with Crippen LogP contribution in [0.1, 0.15) is 45.2 Å². The molecule has 2 rings (SSSR count). The molecule has 5 nitrogen and oxygen atoms in total. The van der Waals surface area contributed by atoms with E-state index >= 15 is 0 Å². The van der Waals surface area contributed by atoms with Crippen LogP contribution in [0.25, 0.3) is 0 Å². The molecule has 0 saturated heterocycles. The van der Waals surface area contributed by atoms with E-state index in [1.54, 1.807) is 0 Å². The molecule has 1 unspecified atom stereocenters. The molecule has 1 aliphatic heterocycles. The van der Waals surface area contributed by atoms with Gasteiger partial charge in [0.15, 0.2) is 11.5 Å². The molecule has 0 radical (unpaired) electrons. The van der Waals surface area contributed by atoms with Crippen molar-refractivity contribution in [3.63, 3.8) is 0 Å². The van der Waals surface area contributed by atoms with E-state index in [0.29, 0.717) is 26.1 Å². The first kappa shape index (κ1) is 15.6. The van der Waals surface area contributed by atoms with Gasteiger partial charge in [-0.15, -0.1) is 0 Å². The Kier molecular flexibility index (Phi) is 4.73. The SMILES string of the molecule is CC(NC(=O)CCC(C)(C)N)c1ccc2c(c1)OCCO2. The third-order valence-corrected chi connectivity index (χ3v) is 3.44. The monoisotopic (exact) mass is 292 g/mol. The van der Waals surface area contributed by atoms with E-state index in [-0.39, 0.29) is 17.5 Å². The first-order chi connectivity index (χ1) is 9.85. The number of hydrogen-bond donors (Lipinski definition) is 2. The van der Waals surface area contributed by atoms with Gasteiger partial charge in [-0.05, 0) is 44.9 Å². The molecule has 0 aliphatic carbocycles.